The Morgan fingerprint density at radius 3 is 2.71 bits per heavy atom. The van der Waals surface area contributed by atoms with Gasteiger partial charge >= 0.3 is 0 Å². The quantitative estimate of drug-likeness (QED) is 0.833. The second-order valence-electron chi connectivity index (χ2n) is 3.84. The zero-order valence-corrected chi connectivity index (χ0v) is 12.3. The van der Waals surface area contributed by atoms with Gasteiger partial charge in [0.05, 0.1) is 5.02 Å². The Kier molecular flexibility index (Phi) is 6.49. The number of benzene rings is 1. The van der Waals surface area contributed by atoms with Crippen LogP contribution in [0.5, 0.6) is 5.75 Å². The lowest BCUT2D eigenvalue weighted by atomic mass is 10.1. The molecule has 0 amide bonds. The lowest BCUT2D eigenvalue weighted by Gasteiger charge is -2.16. The first-order chi connectivity index (χ1) is 8.08. The molecule has 96 valence electrons. The smallest absolute Gasteiger partial charge is 0.138 e. The molecule has 0 radical (unpaired) electrons. The van der Waals surface area contributed by atoms with Crippen LogP contribution in [0.15, 0.2) is 12.1 Å². The molecule has 0 fully saturated rings. The van der Waals surface area contributed by atoms with Crippen molar-refractivity contribution in [3.63, 3.8) is 0 Å². The highest BCUT2D eigenvalue weighted by atomic mass is 35.5. The van der Waals surface area contributed by atoms with Crippen LogP contribution in [0.1, 0.15) is 18.9 Å². The van der Waals surface area contributed by atoms with E-state index in [1.165, 1.54) is 0 Å². The Morgan fingerprint density at radius 2 is 2.12 bits per heavy atom. The first kappa shape index (κ1) is 15.0. The average molecular weight is 294 g/mol. The van der Waals surface area contributed by atoms with Crippen LogP contribution in [0.2, 0.25) is 10.0 Å². The highest BCUT2D eigenvalue weighted by Gasteiger charge is 2.10. The summed E-state index contributed by atoms with van der Waals surface area (Å²) in [5.74, 6) is 1.16. The topological polar surface area (TPSA) is 32.3 Å². The van der Waals surface area contributed by atoms with Crippen molar-refractivity contribution in [1.29, 1.82) is 0 Å². The van der Waals surface area contributed by atoms with Gasteiger partial charge in [-0.3, -0.25) is 0 Å². The van der Waals surface area contributed by atoms with E-state index in [2.05, 4.69) is 18.5 Å². The molecule has 1 aromatic rings. The van der Waals surface area contributed by atoms with Gasteiger partial charge in [-0.15, -0.1) is 0 Å². The largest absolute Gasteiger partial charge is 0.506 e. The number of rotatable bonds is 6. The van der Waals surface area contributed by atoms with Crippen molar-refractivity contribution >= 4 is 35.0 Å². The molecule has 0 aliphatic carbocycles. The molecule has 1 unspecified atom stereocenters. The Bertz CT molecular complexity index is 374. The molecule has 0 aliphatic heterocycles. The minimum atomic E-state index is 0.113. The number of aromatic hydroxyl groups is 1. The number of halogens is 2. The number of thioether (sulfide) groups is 1. The Labute approximate surface area is 117 Å². The summed E-state index contributed by atoms with van der Waals surface area (Å²) < 4.78 is 0. The average Bonchev–Trinajstić information content (AvgIpc) is 2.30. The van der Waals surface area contributed by atoms with Crippen LogP contribution in [0.25, 0.3) is 0 Å². The molecule has 0 aromatic heterocycles. The van der Waals surface area contributed by atoms with E-state index in [1.54, 1.807) is 23.9 Å². The lowest BCUT2D eigenvalue weighted by molar-refractivity contribution is 0.458. The number of phenolic OH excluding ortho intramolecular Hbond substituents is 1. The van der Waals surface area contributed by atoms with Gasteiger partial charge in [-0.05, 0) is 24.8 Å². The molecular formula is C12H17Cl2NOS. The van der Waals surface area contributed by atoms with Crippen molar-refractivity contribution in [3.05, 3.63) is 27.7 Å². The summed E-state index contributed by atoms with van der Waals surface area (Å²) in [5, 5.41) is 14.0. The van der Waals surface area contributed by atoms with Crippen LogP contribution < -0.4 is 5.32 Å². The van der Waals surface area contributed by atoms with Crippen LogP contribution in [-0.4, -0.2) is 23.2 Å². The van der Waals surface area contributed by atoms with Gasteiger partial charge in [0.15, 0.2) is 0 Å². The third kappa shape index (κ3) is 4.59. The molecule has 0 heterocycles. The molecule has 0 aliphatic rings. The molecular weight excluding hydrogens is 277 g/mol. The van der Waals surface area contributed by atoms with E-state index in [0.29, 0.717) is 22.6 Å². The van der Waals surface area contributed by atoms with Crippen LogP contribution in [0.3, 0.4) is 0 Å². The van der Waals surface area contributed by atoms with E-state index >= 15 is 0 Å². The van der Waals surface area contributed by atoms with E-state index in [4.69, 9.17) is 23.2 Å². The van der Waals surface area contributed by atoms with Crippen LogP contribution >= 0.6 is 35.0 Å². The minimum Gasteiger partial charge on any atom is -0.506 e. The fourth-order valence-electron chi connectivity index (χ4n) is 1.53. The second-order valence-corrected chi connectivity index (χ2v) is 5.59. The van der Waals surface area contributed by atoms with Gasteiger partial charge in [-0.2, -0.15) is 11.8 Å². The summed E-state index contributed by atoms with van der Waals surface area (Å²) in [6, 6.07) is 3.71. The Hall–Kier alpha value is -0.0900. The standard InChI is InChI=1S/C12H17Cl2NOS/c1-3-10(7-17-2)15-6-8-4-9(13)5-11(14)12(8)16/h4-5,10,15-16H,3,6-7H2,1-2H3. The normalized spacial score (nSPS) is 12.7. The summed E-state index contributed by atoms with van der Waals surface area (Å²) in [6.45, 7) is 2.71. The number of hydrogen-bond acceptors (Lipinski definition) is 3. The lowest BCUT2D eigenvalue weighted by Crippen LogP contribution is -2.30. The van der Waals surface area contributed by atoms with Crippen LogP contribution in [0.4, 0.5) is 0 Å². The van der Waals surface area contributed by atoms with E-state index in [9.17, 15) is 5.11 Å². The molecule has 5 heteroatoms. The predicted octanol–water partition coefficient (Wildman–Crippen LogP) is 3.93. The van der Waals surface area contributed by atoms with Crippen molar-refractivity contribution in [2.45, 2.75) is 25.9 Å². The predicted molar refractivity (Wildman–Crippen MR) is 77.4 cm³/mol. The number of phenols is 1. The fourth-order valence-corrected chi connectivity index (χ4v) is 2.82. The Morgan fingerprint density at radius 1 is 1.41 bits per heavy atom. The SMILES string of the molecule is CCC(CSC)NCc1cc(Cl)cc(Cl)c1O. The maximum absolute atomic E-state index is 9.80. The first-order valence-electron chi connectivity index (χ1n) is 5.47. The molecule has 1 atom stereocenters. The summed E-state index contributed by atoms with van der Waals surface area (Å²) in [7, 11) is 0. The molecule has 0 saturated carbocycles. The third-order valence-electron chi connectivity index (χ3n) is 2.55. The fraction of sp³-hybridized carbons (Fsp3) is 0.500. The summed E-state index contributed by atoms with van der Waals surface area (Å²) in [5.41, 5.74) is 0.738. The van der Waals surface area contributed by atoms with Gasteiger partial charge in [0, 0.05) is 28.9 Å². The van der Waals surface area contributed by atoms with E-state index in [1.807, 2.05) is 0 Å². The molecule has 0 spiro atoms. The molecule has 2 N–H and O–H groups in total. The van der Waals surface area contributed by atoms with Crippen LogP contribution in [-0.2, 0) is 6.54 Å². The maximum Gasteiger partial charge on any atom is 0.138 e. The summed E-state index contributed by atoms with van der Waals surface area (Å²) >= 11 is 13.6. The Balaban J connectivity index is 2.68. The van der Waals surface area contributed by atoms with Crippen molar-refractivity contribution in [3.8, 4) is 5.75 Å². The monoisotopic (exact) mass is 293 g/mol. The van der Waals surface area contributed by atoms with Crippen LogP contribution in [0, 0.1) is 0 Å². The number of nitrogens with one attached hydrogen (secondary N) is 1. The van der Waals surface area contributed by atoms with E-state index in [-0.39, 0.29) is 5.75 Å². The summed E-state index contributed by atoms with van der Waals surface area (Å²) in [4.78, 5) is 0. The van der Waals surface area contributed by atoms with Crippen molar-refractivity contribution in [2.24, 2.45) is 0 Å². The third-order valence-corrected chi connectivity index (χ3v) is 3.79. The van der Waals surface area contributed by atoms with Gasteiger partial charge in [0.25, 0.3) is 0 Å². The van der Waals surface area contributed by atoms with Crippen molar-refractivity contribution in [1.82, 2.24) is 5.32 Å². The second kappa shape index (κ2) is 7.37. The van der Waals surface area contributed by atoms with Crippen molar-refractivity contribution in [2.75, 3.05) is 12.0 Å². The van der Waals surface area contributed by atoms with Crippen molar-refractivity contribution < 1.29 is 5.11 Å². The van der Waals surface area contributed by atoms with Gasteiger partial charge in [0.2, 0.25) is 0 Å². The van der Waals surface area contributed by atoms with Gasteiger partial charge in [-0.1, -0.05) is 30.1 Å². The zero-order chi connectivity index (χ0) is 12.8. The van der Waals surface area contributed by atoms with E-state index in [0.717, 1.165) is 17.7 Å². The summed E-state index contributed by atoms with van der Waals surface area (Å²) in [6.07, 6.45) is 3.13. The number of hydrogen-bond donors (Lipinski definition) is 2. The van der Waals surface area contributed by atoms with Gasteiger partial charge in [0.1, 0.15) is 5.75 Å². The highest BCUT2D eigenvalue weighted by Crippen LogP contribution is 2.31. The zero-order valence-electron chi connectivity index (χ0n) is 9.96. The van der Waals surface area contributed by atoms with Gasteiger partial charge in [-0.25, -0.2) is 0 Å². The molecule has 0 bridgehead atoms. The molecule has 17 heavy (non-hydrogen) atoms. The van der Waals surface area contributed by atoms with E-state index < -0.39 is 0 Å². The molecule has 0 saturated heterocycles. The van der Waals surface area contributed by atoms with Gasteiger partial charge < -0.3 is 10.4 Å². The first-order valence-corrected chi connectivity index (χ1v) is 7.62. The highest BCUT2D eigenvalue weighted by molar-refractivity contribution is 7.98. The minimum absolute atomic E-state index is 0.113. The molecule has 1 rings (SSSR count). The molecule has 1 aromatic carbocycles. The maximum atomic E-state index is 9.80. The molecule has 2 nitrogen and oxygen atoms in total.